The van der Waals surface area contributed by atoms with Gasteiger partial charge >= 0.3 is 0 Å². The second-order valence-corrected chi connectivity index (χ2v) is 6.16. The monoisotopic (exact) mass is 278 g/mol. The number of hydrogen-bond donors (Lipinski definition) is 0. The second kappa shape index (κ2) is 6.47. The van der Waals surface area contributed by atoms with Crippen molar-refractivity contribution in [3.05, 3.63) is 0 Å². The largest absolute Gasteiger partial charge is 0.378 e. The fourth-order valence-corrected chi connectivity index (χ4v) is 3.92. The number of ether oxygens (including phenoxy) is 1. The molecule has 4 heteroatoms. The lowest BCUT2D eigenvalue weighted by Gasteiger charge is -2.41. The third kappa shape index (κ3) is 3.09. The van der Waals surface area contributed by atoms with Crippen molar-refractivity contribution in [1.82, 2.24) is 0 Å². The first-order chi connectivity index (χ1) is 9.08. The van der Waals surface area contributed by atoms with Crippen LogP contribution in [-0.2, 0) is 4.74 Å². The van der Waals surface area contributed by atoms with Crippen LogP contribution >= 0.6 is 0 Å². The molecule has 7 atom stereocenters. The third-order valence-electron chi connectivity index (χ3n) is 5.22. The van der Waals surface area contributed by atoms with Gasteiger partial charge in [-0.15, -0.1) is 0 Å². The van der Waals surface area contributed by atoms with Crippen LogP contribution < -0.4 is 0 Å². The highest BCUT2D eigenvalue weighted by atomic mass is 19.2. The fraction of sp³-hybridized carbons (Fsp3) is 1.00. The summed E-state index contributed by atoms with van der Waals surface area (Å²) in [5.41, 5.74) is 0. The van der Waals surface area contributed by atoms with E-state index in [2.05, 4.69) is 0 Å². The van der Waals surface area contributed by atoms with Gasteiger partial charge in [-0.1, -0.05) is 13.3 Å². The van der Waals surface area contributed by atoms with Crippen LogP contribution in [0.1, 0.15) is 45.4 Å². The summed E-state index contributed by atoms with van der Waals surface area (Å²) in [7, 11) is 1.51. The van der Waals surface area contributed by atoms with E-state index in [1.165, 1.54) is 7.11 Å². The highest BCUT2D eigenvalue weighted by Crippen LogP contribution is 2.44. The molecular weight excluding hydrogens is 253 g/mol. The van der Waals surface area contributed by atoms with Crippen molar-refractivity contribution in [3.63, 3.8) is 0 Å². The van der Waals surface area contributed by atoms with Crippen LogP contribution in [0, 0.1) is 17.8 Å². The Labute approximate surface area is 113 Å². The molecule has 112 valence electrons. The van der Waals surface area contributed by atoms with Gasteiger partial charge in [0.2, 0.25) is 0 Å². The molecule has 0 heterocycles. The van der Waals surface area contributed by atoms with Crippen molar-refractivity contribution < 1.29 is 17.9 Å². The van der Waals surface area contributed by atoms with Gasteiger partial charge in [-0.2, -0.15) is 0 Å². The summed E-state index contributed by atoms with van der Waals surface area (Å²) in [6.45, 7) is 1.91. The summed E-state index contributed by atoms with van der Waals surface area (Å²) in [6, 6.07) is 0. The molecule has 0 saturated heterocycles. The van der Waals surface area contributed by atoms with E-state index in [1.54, 1.807) is 0 Å². The van der Waals surface area contributed by atoms with Crippen LogP contribution in [0.3, 0.4) is 0 Å². The van der Waals surface area contributed by atoms with Gasteiger partial charge in [0.25, 0.3) is 0 Å². The molecule has 19 heavy (non-hydrogen) atoms. The second-order valence-electron chi connectivity index (χ2n) is 6.16. The van der Waals surface area contributed by atoms with Crippen LogP contribution in [-0.4, -0.2) is 31.7 Å². The van der Waals surface area contributed by atoms with E-state index in [4.69, 9.17) is 4.74 Å². The minimum absolute atomic E-state index is 0.0209. The number of alkyl halides is 3. The Hall–Kier alpha value is -0.250. The van der Waals surface area contributed by atoms with Gasteiger partial charge in [0.15, 0.2) is 0 Å². The number of hydrogen-bond acceptors (Lipinski definition) is 1. The molecule has 2 aliphatic rings. The van der Waals surface area contributed by atoms with Gasteiger partial charge in [-0.05, 0) is 49.9 Å². The zero-order valence-corrected chi connectivity index (χ0v) is 11.8. The molecule has 0 aromatic rings. The van der Waals surface area contributed by atoms with E-state index in [9.17, 15) is 13.2 Å². The van der Waals surface area contributed by atoms with Crippen molar-refractivity contribution in [2.45, 2.75) is 70.1 Å². The summed E-state index contributed by atoms with van der Waals surface area (Å²) in [4.78, 5) is 0. The first-order valence-electron chi connectivity index (χ1n) is 7.53. The molecule has 0 radical (unpaired) electrons. The van der Waals surface area contributed by atoms with Crippen LogP contribution in [0.5, 0.6) is 0 Å². The molecule has 2 fully saturated rings. The molecule has 0 bridgehead atoms. The predicted octanol–water partition coefficient (Wildman–Crippen LogP) is 4.25. The van der Waals surface area contributed by atoms with Crippen LogP contribution in [0.4, 0.5) is 13.2 Å². The van der Waals surface area contributed by atoms with Crippen molar-refractivity contribution >= 4 is 0 Å². The Kier molecular flexibility index (Phi) is 5.15. The molecule has 0 aliphatic heterocycles. The van der Waals surface area contributed by atoms with Gasteiger partial charge in [0.1, 0.15) is 18.5 Å². The van der Waals surface area contributed by atoms with Crippen LogP contribution in [0.2, 0.25) is 0 Å². The molecule has 1 nitrogen and oxygen atoms in total. The number of halogens is 3. The molecular formula is C15H25F3O. The standard InChI is InChI=1S/C15H25F3O/c1-3-9-4-6-11(15(18)14(9)17)10-5-7-13(19-2)12(16)8-10/h9-15H,3-8H2,1-2H3. The van der Waals surface area contributed by atoms with Crippen molar-refractivity contribution in [2.75, 3.05) is 7.11 Å². The Balaban J connectivity index is 1.96. The van der Waals surface area contributed by atoms with E-state index in [-0.39, 0.29) is 23.9 Å². The Morgan fingerprint density at radius 1 is 1.00 bits per heavy atom. The average molecular weight is 278 g/mol. The van der Waals surface area contributed by atoms with Crippen LogP contribution in [0.15, 0.2) is 0 Å². The van der Waals surface area contributed by atoms with E-state index < -0.39 is 18.5 Å². The maximum Gasteiger partial charge on any atom is 0.134 e. The number of rotatable bonds is 3. The SMILES string of the molecule is CCC1CCC(C2CCC(OC)C(F)C2)C(F)C1F. The lowest BCUT2D eigenvalue weighted by atomic mass is 9.68. The molecule has 0 amide bonds. The topological polar surface area (TPSA) is 9.23 Å². The maximum atomic E-state index is 14.2. The summed E-state index contributed by atoms with van der Waals surface area (Å²) in [5, 5.41) is 0. The molecule has 2 aliphatic carbocycles. The smallest absolute Gasteiger partial charge is 0.134 e. The molecule has 2 saturated carbocycles. The lowest BCUT2D eigenvalue weighted by molar-refractivity contribution is -0.0522. The lowest BCUT2D eigenvalue weighted by Crippen LogP contribution is -2.44. The molecule has 0 aromatic heterocycles. The third-order valence-corrected chi connectivity index (χ3v) is 5.22. The predicted molar refractivity (Wildman–Crippen MR) is 69.3 cm³/mol. The molecule has 0 aromatic carbocycles. The Bertz CT molecular complexity index is 287. The first-order valence-corrected chi connectivity index (χ1v) is 7.53. The fourth-order valence-electron chi connectivity index (χ4n) is 3.92. The number of methoxy groups -OCH3 is 1. The Morgan fingerprint density at radius 2 is 1.74 bits per heavy atom. The van der Waals surface area contributed by atoms with Crippen molar-refractivity contribution in [2.24, 2.45) is 17.8 Å². The van der Waals surface area contributed by atoms with E-state index in [1.807, 2.05) is 6.92 Å². The molecule has 0 N–H and O–H groups in total. The van der Waals surface area contributed by atoms with Gasteiger partial charge in [-0.25, -0.2) is 13.2 Å². The van der Waals surface area contributed by atoms with Crippen molar-refractivity contribution in [3.8, 4) is 0 Å². The Morgan fingerprint density at radius 3 is 2.32 bits per heavy atom. The quantitative estimate of drug-likeness (QED) is 0.750. The average Bonchev–Trinajstić information content (AvgIpc) is 2.41. The maximum absolute atomic E-state index is 14.2. The summed E-state index contributed by atoms with van der Waals surface area (Å²) >= 11 is 0. The summed E-state index contributed by atoms with van der Waals surface area (Å²) < 4.78 is 47.2. The van der Waals surface area contributed by atoms with Gasteiger partial charge in [-0.3, -0.25) is 0 Å². The molecule has 0 spiro atoms. The van der Waals surface area contributed by atoms with Gasteiger partial charge < -0.3 is 4.74 Å². The molecule has 7 unspecified atom stereocenters. The minimum atomic E-state index is -1.41. The highest BCUT2D eigenvalue weighted by molar-refractivity contribution is 4.93. The zero-order valence-electron chi connectivity index (χ0n) is 11.8. The normalized spacial score (nSPS) is 48.2. The molecule has 2 rings (SSSR count). The summed E-state index contributed by atoms with van der Waals surface area (Å²) in [6.07, 6.45) is -0.312. The van der Waals surface area contributed by atoms with E-state index in [0.29, 0.717) is 25.7 Å². The minimum Gasteiger partial charge on any atom is -0.378 e. The van der Waals surface area contributed by atoms with Crippen LogP contribution in [0.25, 0.3) is 0 Å². The van der Waals surface area contributed by atoms with Crippen molar-refractivity contribution in [1.29, 1.82) is 0 Å². The summed E-state index contributed by atoms with van der Waals surface area (Å²) in [5.74, 6) is -0.468. The van der Waals surface area contributed by atoms with Gasteiger partial charge in [0.05, 0.1) is 6.10 Å². The van der Waals surface area contributed by atoms with E-state index in [0.717, 1.165) is 12.8 Å². The van der Waals surface area contributed by atoms with Gasteiger partial charge in [0, 0.05) is 7.11 Å². The zero-order chi connectivity index (χ0) is 14.0. The first kappa shape index (κ1) is 15.1. The van der Waals surface area contributed by atoms with E-state index >= 15 is 0 Å². The highest BCUT2D eigenvalue weighted by Gasteiger charge is 2.45.